The van der Waals surface area contributed by atoms with Gasteiger partial charge in [0.2, 0.25) is 0 Å². The Labute approximate surface area is 147 Å². The molecule has 0 radical (unpaired) electrons. The number of para-hydroxylation sites is 1. The van der Waals surface area contributed by atoms with Gasteiger partial charge in [-0.05, 0) is 30.2 Å². The van der Waals surface area contributed by atoms with Crippen LogP contribution in [0.25, 0.3) is 5.69 Å². The summed E-state index contributed by atoms with van der Waals surface area (Å²) in [5.74, 6) is -0.167. The molecule has 0 aliphatic rings. The Hall–Kier alpha value is -2.92. The highest BCUT2D eigenvalue weighted by molar-refractivity contribution is 5.92. The van der Waals surface area contributed by atoms with E-state index in [9.17, 15) is 9.90 Å². The molecule has 1 N–H and O–H groups in total. The van der Waals surface area contributed by atoms with Crippen molar-refractivity contribution in [2.75, 3.05) is 19.7 Å². The summed E-state index contributed by atoms with van der Waals surface area (Å²) in [4.78, 5) is 14.4. The fourth-order valence-electron chi connectivity index (χ4n) is 2.67. The minimum Gasteiger partial charge on any atom is -0.395 e. The molecule has 1 heterocycles. The topological polar surface area (TPSA) is 58.4 Å². The summed E-state index contributed by atoms with van der Waals surface area (Å²) in [5, 5.41) is 13.7. The van der Waals surface area contributed by atoms with E-state index in [-0.39, 0.29) is 12.5 Å². The van der Waals surface area contributed by atoms with Crippen LogP contribution in [0.5, 0.6) is 0 Å². The van der Waals surface area contributed by atoms with Crippen molar-refractivity contribution in [3.63, 3.8) is 0 Å². The molecule has 3 aromatic rings. The summed E-state index contributed by atoms with van der Waals surface area (Å²) in [6, 6.07) is 21.4. The van der Waals surface area contributed by atoms with E-state index in [2.05, 4.69) is 5.10 Å². The average molecular weight is 335 g/mol. The molecule has 0 saturated heterocycles. The molecular formula is C20H21N3O2. The lowest BCUT2D eigenvalue weighted by Gasteiger charge is -2.20. The van der Waals surface area contributed by atoms with E-state index in [0.717, 1.165) is 17.7 Å². The van der Waals surface area contributed by atoms with E-state index < -0.39 is 0 Å². The molecule has 5 nitrogen and oxygen atoms in total. The van der Waals surface area contributed by atoms with Crippen molar-refractivity contribution < 1.29 is 9.90 Å². The largest absolute Gasteiger partial charge is 0.395 e. The van der Waals surface area contributed by atoms with Gasteiger partial charge in [0.15, 0.2) is 5.69 Å². The van der Waals surface area contributed by atoms with Crippen LogP contribution in [0.4, 0.5) is 0 Å². The monoisotopic (exact) mass is 335 g/mol. The summed E-state index contributed by atoms with van der Waals surface area (Å²) >= 11 is 0. The second-order valence-corrected chi connectivity index (χ2v) is 5.73. The zero-order valence-corrected chi connectivity index (χ0v) is 14.0. The van der Waals surface area contributed by atoms with Crippen LogP contribution in [-0.2, 0) is 6.42 Å². The highest BCUT2D eigenvalue weighted by atomic mass is 16.3. The fraction of sp³-hybridized carbons (Fsp3) is 0.200. The van der Waals surface area contributed by atoms with Crippen LogP contribution in [0.2, 0.25) is 0 Å². The summed E-state index contributed by atoms with van der Waals surface area (Å²) in [7, 11) is 0. The Bertz CT molecular complexity index is 800. The predicted molar refractivity (Wildman–Crippen MR) is 96.7 cm³/mol. The van der Waals surface area contributed by atoms with Crippen molar-refractivity contribution in [2.24, 2.45) is 0 Å². The third-order valence-corrected chi connectivity index (χ3v) is 4.00. The maximum absolute atomic E-state index is 12.7. The molecule has 0 aliphatic heterocycles. The normalized spacial score (nSPS) is 10.6. The molecule has 0 bridgehead atoms. The number of hydrogen-bond donors (Lipinski definition) is 1. The van der Waals surface area contributed by atoms with Gasteiger partial charge in [0, 0.05) is 19.3 Å². The summed E-state index contributed by atoms with van der Waals surface area (Å²) in [6.07, 6.45) is 2.52. The van der Waals surface area contributed by atoms with E-state index in [1.165, 1.54) is 0 Å². The smallest absolute Gasteiger partial charge is 0.274 e. The minimum atomic E-state index is -0.167. The number of nitrogens with zero attached hydrogens (tertiary/aromatic N) is 3. The van der Waals surface area contributed by atoms with Crippen LogP contribution in [0.3, 0.4) is 0 Å². The average Bonchev–Trinajstić information content (AvgIpc) is 3.16. The number of aliphatic hydroxyl groups excluding tert-OH is 1. The second kappa shape index (κ2) is 8.26. The van der Waals surface area contributed by atoms with Gasteiger partial charge in [-0.15, -0.1) is 0 Å². The Morgan fingerprint density at radius 3 is 2.32 bits per heavy atom. The number of carbonyl (C=O) groups is 1. The first-order valence-electron chi connectivity index (χ1n) is 8.33. The van der Waals surface area contributed by atoms with Crippen molar-refractivity contribution in [3.05, 3.63) is 84.2 Å². The van der Waals surface area contributed by atoms with Gasteiger partial charge in [-0.1, -0.05) is 48.5 Å². The Kier molecular flexibility index (Phi) is 5.59. The molecule has 3 rings (SSSR count). The number of carbonyl (C=O) groups excluding carboxylic acids is 1. The summed E-state index contributed by atoms with van der Waals surface area (Å²) in [5.41, 5.74) is 2.44. The first-order chi connectivity index (χ1) is 12.3. The van der Waals surface area contributed by atoms with Gasteiger partial charge in [0.1, 0.15) is 0 Å². The van der Waals surface area contributed by atoms with Crippen molar-refractivity contribution >= 4 is 5.91 Å². The first-order valence-corrected chi connectivity index (χ1v) is 8.33. The number of amides is 1. The van der Waals surface area contributed by atoms with E-state index in [1.807, 2.05) is 60.7 Å². The van der Waals surface area contributed by atoms with E-state index in [1.54, 1.807) is 21.8 Å². The minimum absolute atomic E-state index is 0.0695. The zero-order valence-electron chi connectivity index (χ0n) is 14.0. The van der Waals surface area contributed by atoms with Gasteiger partial charge < -0.3 is 10.0 Å². The molecule has 128 valence electrons. The van der Waals surface area contributed by atoms with Crippen molar-refractivity contribution in [1.29, 1.82) is 0 Å². The molecule has 0 fully saturated rings. The third kappa shape index (κ3) is 4.33. The van der Waals surface area contributed by atoms with Gasteiger partial charge in [-0.25, -0.2) is 4.68 Å². The van der Waals surface area contributed by atoms with Crippen LogP contribution >= 0.6 is 0 Å². The van der Waals surface area contributed by atoms with Crippen LogP contribution in [-0.4, -0.2) is 45.4 Å². The third-order valence-electron chi connectivity index (χ3n) is 4.00. The van der Waals surface area contributed by atoms with Crippen LogP contribution in [0.15, 0.2) is 72.9 Å². The summed E-state index contributed by atoms with van der Waals surface area (Å²) in [6.45, 7) is 0.769. The molecule has 5 heteroatoms. The van der Waals surface area contributed by atoms with Crippen molar-refractivity contribution in [1.82, 2.24) is 14.7 Å². The van der Waals surface area contributed by atoms with Crippen LogP contribution < -0.4 is 0 Å². The number of benzene rings is 2. The van der Waals surface area contributed by atoms with Gasteiger partial charge in [0.25, 0.3) is 5.91 Å². The Morgan fingerprint density at radius 2 is 1.64 bits per heavy atom. The summed E-state index contributed by atoms with van der Waals surface area (Å²) < 4.78 is 1.68. The standard InChI is InChI=1S/C20H21N3O2/c24-16-15-22(13-11-17-7-3-1-4-8-17)20(25)19-12-14-23(21-19)18-9-5-2-6-10-18/h1-10,12,14,24H,11,13,15-16H2. The number of aliphatic hydroxyl groups is 1. The lowest BCUT2D eigenvalue weighted by Crippen LogP contribution is -2.35. The van der Waals surface area contributed by atoms with Gasteiger partial charge >= 0.3 is 0 Å². The van der Waals surface area contributed by atoms with Gasteiger partial charge in [0.05, 0.1) is 12.3 Å². The molecular weight excluding hydrogens is 314 g/mol. The quantitative estimate of drug-likeness (QED) is 0.722. The van der Waals surface area contributed by atoms with Crippen LogP contribution in [0, 0.1) is 0 Å². The maximum Gasteiger partial charge on any atom is 0.274 e. The molecule has 1 amide bonds. The second-order valence-electron chi connectivity index (χ2n) is 5.73. The molecule has 0 atom stereocenters. The Morgan fingerprint density at radius 1 is 0.960 bits per heavy atom. The van der Waals surface area contributed by atoms with Crippen LogP contribution in [0.1, 0.15) is 16.1 Å². The van der Waals surface area contributed by atoms with Gasteiger partial charge in [-0.3, -0.25) is 4.79 Å². The molecule has 0 aliphatic carbocycles. The molecule has 0 spiro atoms. The zero-order chi connectivity index (χ0) is 17.5. The van der Waals surface area contributed by atoms with Crippen molar-refractivity contribution in [3.8, 4) is 5.69 Å². The van der Waals surface area contributed by atoms with E-state index in [4.69, 9.17) is 0 Å². The highest BCUT2D eigenvalue weighted by Crippen LogP contribution is 2.10. The highest BCUT2D eigenvalue weighted by Gasteiger charge is 2.18. The lowest BCUT2D eigenvalue weighted by molar-refractivity contribution is 0.0717. The van der Waals surface area contributed by atoms with E-state index in [0.29, 0.717) is 18.8 Å². The van der Waals surface area contributed by atoms with Gasteiger partial charge in [-0.2, -0.15) is 5.10 Å². The number of aromatic nitrogens is 2. The Balaban J connectivity index is 1.71. The molecule has 25 heavy (non-hydrogen) atoms. The SMILES string of the molecule is O=C(c1ccn(-c2ccccc2)n1)N(CCO)CCc1ccccc1. The van der Waals surface area contributed by atoms with Crippen molar-refractivity contribution in [2.45, 2.75) is 6.42 Å². The lowest BCUT2D eigenvalue weighted by atomic mass is 10.1. The molecule has 0 saturated carbocycles. The fourth-order valence-corrected chi connectivity index (χ4v) is 2.67. The molecule has 0 unspecified atom stereocenters. The maximum atomic E-state index is 12.7. The number of hydrogen-bond acceptors (Lipinski definition) is 3. The first kappa shape index (κ1) is 16.9. The predicted octanol–water partition coefficient (Wildman–Crippen LogP) is 2.55. The van der Waals surface area contributed by atoms with E-state index >= 15 is 0 Å². The molecule has 2 aromatic carbocycles. The number of rotatable bonds is 7. The molecule has 1 aromatic heterocycles.